The molecule has 1 atom stereocenters. The smallest absolute Gasteiger partial charge is 0.255 e. The lowest BCUT2D eigenvalue weighted by Crippen LogP contribution is -2.38. The van der Waals surface area contributed by atoms with Gasteiger partial charge >= 0.3 is 0 Å². The maximum absolute atomic E-state index is 12.5. The highest BCUT2D eigenvalue weighted by Gasteiger charge is 2.28. The third-order valence-electron chi connectivity index (χ3n) is 4.58. The number of amides is 2. The Bertz CT molecular complexity index is 792. The fourth-order valence-corrected chi connectivity index (χ4v) is 3.32. The average molecular weight is 372 g/mol. The van der Waals surface area contributed by atoms with E-state index in [-0.39, 0.29) is 17.9 Å². The van der Waals surface area contributed by atoms with E-state index < -0.39 is 0 Å². The van der Waals surface area contributed by atoms with Crippen LogP contribution in [0, 0.1) is 6.92 Å². The number of rotatable bonds is 5. The van der Waals surface area contributed by atoms with Crippen LogP contribution >= 0.6 is 11.6 Å². The van der Waals surface area contributed by atoms with Crippen molar-refractivity contribution >= 4 is 23.4 Å². The summed E-state index contributed by atoms with van der Waals surface area (Å²) in [5.41, 5.74) is 2.44. The summed E-state index contributed by atoms with van der Waals surface area (Å²) in [7, 11) is 0. The van der Waals surface area contributed by atoms with E-state index in [1.807, 2.05) is 37.3 Å². The molecule has 0 bridgehead atoms. The first-order valence-corrected chi connectivity index (χ1v) is 9.15. The fraction of sp³-hybridized carbons (Fsp3) is 0.350. The van der Waals surface area contributed by atoms with Gasteiger partial charge in [-0.3, -0.25) is 14.6 Å². The standard InChI is InChI=1S/C20H22ClN3O2/c1-14-6-7-16(12-22-14)20(26)24-11-10-17(13-24)23-19(25)9-8-15-4-2-3-5-18(15)21/h2-7,12,17H,8-11,13H2,1H3,(H,23,25)/t17-/m1/s1. The van der Waals surface area contributed by atoms with Crippen LogP contribution in [0.1, 0.15) is 34.5 Å². The van der Waals surface area contributed by atoms with E-state index in [0.29, 0.717) is 36.5 Å². The molecule has 1 aromatic heterocycles. The molecule has 1 saturated heterocycles. The molecule has 0 radical (unpaired) electrons. The number of aryl methyl sites for hydroxylation is 2. The van der Waals surface area contributed by atoms with Crippen LogP contribution in [0.15, 0.2) is 42.6 Å². The molecule has 1 aromatic carbocycles. The van der Waals surface area contributed by atoms with Gasteiger partial charge in [0.15, 0.2) is 0 Å². The molecule has 1 N–H and O–H groups in total. The summed E-state index contributed by atoms with van der Waals surface area (Å²) in [6.45, 7) is 3.06. The lowest BCUT2D eigenvalue weighted by atomic mass is 10.1. The number of hydrogen-bond acceptors (Lipinski definition) is 3. The molecular weight excluding hydrogens is 350 g/mol. The first-order chi connectivity index (χ1) is 12.5. The Kier molecular flexibility index (Phi) is 5.89. The third-order valence-corrected chi connectivity index (χ3v) is 4.95. The largest absolute Gasteiger partial charge is 0.352 e. The number of aromatic nitrogens is 1. The molecule has 3 rings (SSSR count). The van der Waals surface area contributed by atoms with Gasteiger partial charge in [0.05, 0.1) is 5.56 Å². The highest BCUT2D eigenvalue weighted by molar-refractivity contribution is 6.31. The van der Waals surface area contributed by atoms with E-state index in [2.05, 4.69) is 10.3 Å². The number of pyridine rings is 1. The van der Waals surface area contributed by atoms with Crippen LogP contribution in [-0.2, 0) is 11.2 Å². The Morgan fingerprint density at radius 3 is 2.81 bits per heavy atom. The molecule has 2 aromatic rings. The Morgan fingerprint density at radius 1 is 1.27 bits per heavy atom. The summed E-state index contributed by atoms with van der Waals surface area (Å²) in [5, 5.41) is 3.71. The summed E-state index contributed by atoms with van der Waals surface area (Å²) in [5.74, 6) is -0.0495. The van der Waals surface area contributed by atoms with Crippen LogP contribution in [0.3, 0.4) is 0 Å². The number of halogens is 1. The molecule has 1 aliphatic heterocycles. The number of hydrogen-bond donors (Lipinski definition) is 1. The second-order valence-corrected chi connectivity index (χ2v) is 6.99. The number of carbonyl (C=O) groups is 2. The Labute approximate surface area is 158 Å². The molecule has 136 valence electrons. The zero-order chi connectivity index (χ0) is 18.5. The van der Waals surface area contributed by atoms with Crippen molar-refractivity contribution in [3.8, 4) is 0 Å². The minimum atomic E-state index is -0.0367. The molecule has 2 heterocycles. The maximum atomic E-state index is 12.5. The first kappa shape index (κ1) is 18.4. The van der Waals surface area contributed by atoms with Crippen LogP contribution in [0.4, 0.5) is 0 Å². The second-order valence-electron chi connectivity index (χ2n) is 6.58. The van der Waals surface area contributed by atoms with Crippen molar-refractivity contribution in [1.82, 2.24) is 15.2 Å². The van der Waals surface area contributed by atoms with Crippen molar-refractivity contribution in [2.24, 2.45) is 0 Å². The summed E-state index contributed by atoms with van der Waals surface area (Å²) >= 11 is 6.12. The van der Waals surface area contributed by atoms with Gasteiger partial charge in [-0.25, -0.2) is 0 Å². The summed E-state index contributed by atoms with van der Waals surface area (Å²) in [6.07, 6.45) is 3.36. The van der Waals surface area contributed by atoms with Gasteiger partial charge in [0.25, 0.3) is 5.91 Å². The molecule has 26 heavy (non-hydrogen) atoms. The van der Waals surface area contributed by atoms with E-state index in [0.717, 1.165) is 17.7 Å². The van der Waals surface area contributed by atoms with Crippen molar-refractivity contribution in [1.29, 1.82) is 0 Å². The number of carbonyl (C=O) groups excluding carboxylic acids is 2. The predicted molar refractivity (Wildman–Crippen MR) is 101 cm³/mol. The molecule has 6 heteroatoms. The van der Waals surface area contributed by atoms with Gasteiger partial charge < -0.3 is 10.2 Å². The van der Waals surface area contributed by atoms with Crippen LogP contribution in [-0.4, -0.2) is 40.8 Å². The molecule has 5 nitrogen and oxygen atoms in total. The lowest BCUT2D eigenvalue weighted by molar-refractivity contribution is -0.121. The topological polar surface area (TPSA) is 62.3 Å². The van der Waals surface area contributed by atoms with Crippen molar-refractivity contribution in [3.63, 3.8) is 0 Å². The zero-order valence-corrected chi connectivity index (χ0v) is 15.5. The predicted octanol–water partition coefficient (Wildman–Crippen LogP) is 3.01. The number of benzene rings is 1. The Balaban J connectivity index is 1.48. The zero-order valence-electron chi connectivity index (χ0n) is 14.7. The summed E-state index contributed by atoms with van der Waals surface area (Å²) in [4.78, 5) is 30.6. The van der Waals surface area contributed by atoms with Crippen molar-refractivity contribution in [3.05, 3.63) is 64.4 Å². The minimum absolute atomic E-state index is 0.00361. The fourth-order valence-electron chi connectivity index (χ4n) is 3.09. The Morgan fingerprint density at radius 2 is 2.08 bits per heavy atom. The van der Waals surface area contributed by atoms with E-state index in [4.69, 9.17) is 11.6 Å². The first-order valence-electron chi connectivity index (χ1n) is 8.77. The molecule has 0 aliphatic carbocycles. The van der Waals surface area contributed by atoms with Gasteiger partial charge in [0, 0.05) is 42.5 Å². The molecular formula is C20H22ClN3O2. The number of nitrogens with zero attached hydrogens (tertiary/aromatic N) is 2. The van der Waals surface area contributed by atoms with Gasteiger partial charge in [-0.2, -0.15) is 0 Å². The second kappa shape index (κ2) is 8.32. The molecule has 1 fully saturated rings. The molecule has 0 saturated carbocycles. The minimum Gasteiger partial charge on any atom is -0.352 e. The normalized spacial score (nSPS) is 16.5. The third kappa shape index (κ3) is 4.61. The monoisotopic (exact) mass is 371 g/mol. The SMILES string of the molecule is Cc1ccc(C(=O)N2CC[C@@H](NC(=O)CCc3ccccc3Cl)C2)cn1. The summed E-state index contributed by atoms with van der Waals surface area (Å²) < 4.78 is 0. The van der Waals surface area contributed by atoms with Crippen LogP contribution in [0.2, 0.25) is 5.02 Å². The van der Waals surface area contributed by atoms with Gasteiger partial charge in [-0.05, 0) is 43.5 Å². The van der Waals surface area contributed by atoms with E-state index in [1.165, 1.54) is 0 Å². The quantitative estimate of drug-likeness (QED) is 0.878. The van der Waals surface area contributed by atoms with Gasteiger partial charge in [-0.1, -0.05) is 29.8 Å². The highest BCUT2D eigenvalue weighted by Crippen LogP contribution is 2.17. The number of nitrogens with one attached hydrogen (secondary N) is 1. The maximum Gasteiger partial charge on any atom is 0.255 e. The lowest BCUT2D eigenvalue weighted by Gasteiger charge is -2.17. The Hall–Kier alpha value is -2.40. The average Bonchev–Trinajstić information content (AvgIpc) is 3.09. The van der Waals surface area contributed by atoms with Gasteiger partial charge in [0.1, 0.15) is 0 Å². The highest BCUT2D eigenvalue weighted by atomic mass is 35.5. The van der Waals surface area contributed by atoms with Crippen molar-refractivity contribution in [2.75, 3.05) is 13.1 Å². The van der Waals surface area contributed by atoms with E-state index in [1.54, 1.807) is 17.2 Å². The summed E-state index contributed by atoms with van der Waals surface area (Å²) in [6, 6.07) is 11.2. The van der Waals surface area contributed by atoms with Gasteiger partial charge in [0.2, 0.25) is 5.91 Å². The molecule has 0 unspecified atom stereocenters. The number of likely N-dealkylation sites (tertiary alicyclic amines) is 1. The van der Waals surface area contributed by atoms with Crippen LogP contribution in [0.25, 0.3) is 0 Å². The molecule has 0 spiro atoms. The molecule has 1 aliphatic rings. The molecule has 2 amide bonds. The van der Waals surface area contributed by atoms with Crippen LogP contribution in [0.5, 0.6) is 0 Å². The van der Waals surface area contributed by atoms with Gasteiger partial charge in [-0.15, -0.1) is 0 Å². The van der Waals surface area contributed by atoms with E-state index >= 15 is 0 Å². The van der Waals surface area contributed by atoms with Crippen LogP contribution < -0.4 is 5.32 Å². The van der Waals surface area contributed by atoms with Crippen molar-refractivity contribution in [2.45, 2.75) is 32.2 Å². The van der Waals surface area contributed by atoms with Crippen molar-refractivity contribution < 1.29 is 9.59 Å². The van der Waals surface area contributed by atoms with E-state index in [9.17, 15) is 9.59 Å².